The summed E-state index contributed by atoms with van der Waals surface area (Å²) in [4.78, 5) is 0. The quantitative estimate of drug-likeness (QED) is 0.172. The summed E-state index contributed by atoms with van der Waals surface area (Å²) in [7, 11) is 0. The van der Waals surface area contributed by atoms with E-state index in [9.17, 15) is 15.1 Å². The third-order valence-corrected chi connectivity index (χ3v) is 7.94. The van der Waals surface area contributed by atoms with Gasteiger partial charge < -0.3 is 4.42 Å². The maximum absolute atomic E-state index is 9.73. The van der Waals surface area contributed by atoms with Crippen LogP contribution in [0.2, 0.25) is 0 Å². The summed E-state index contributed by atoms with van der Waals surface area (Å²) in [6.07, 6.45) is 0. The molecule has 0 spiro atoms. The Hall–Kier alpha value is -6.44. The second-order valence-corrected chi connectivity index (χ2v) is 10.5. The molecule has 0 saturated heterocycles. The first-order valence-corrected chi connectivity index (χ1v) is 14.4. The second-order valence-electron chi connectivity index (χ2n) is 10.5. The van der Waals surface area contributed by atoms with Crippen LogP contribution in [0.25, 0.3) is 98.8 Å². The van der Waals surface area contributed by atoms with Gasteiger partial charge in [-0.1, -0.05) is 169 Å². The topological polar surface area (TPSA) is 13.1 Å². The van der Waals surface area contributed by atoms with Crippen molar-refractivity contribution in [1.82, 2.24) is 0 Å². The van der Waals surface area contributed by atoms with Crippen molar-refractivity contribution in [3.63, 3.8) is 0 Å². The van der Waals surface area contributed by atoms with E-state index in [1.165, 1.54) is 0 Å². The Labute approximate surface area is 326 Å². The van der Waals surface area contributed by atoms with Crippen molar-refractivity contribution in [2.75, 3.05) is 0 Å². The molecular weight excluding hydrogens is 593 g/mol. The highest BCUT2D eigenvalue weighted by Gasteiger charge is 2.19. The molecule has 0 fully saturated rings. The first-order valence-electron chi connectivity index (χ1n) is 29.4. The number of hydrogen-bond acceptors (Lipinski definition) is 1. The van der Waals surface area contributed by atoms with Crippen LogP contribution in [0.15, 0.2) is 186 Å². The molecule has 0 aliphatic heterocycles. The Morgan fingerprint density at radius 3 is 1.57 bits per heavy atom. The Morgan fingerprint density at radius 1 is 0.327 bits per heavy atom. The van der Waals surface area contributed by atoms with E-state index in [1.54, 1.807) is 0 Å². The van der Waals surface area contributed by atoms with Crippen LogP contribution in [0, 0.1) is 0 Å². The molecule has 0 bridgehead atoms. The van der Waals surface area contributed by atoms with Crippen molar-refractivity contribution >= 4 is 54.3 Å². The lowest BCUT2D eigenvalue weighted by Gasteiger charge is -2.20. The monoisotopic (exact) mass is 652 g/mol. The highest BCUT2D eigenvalue weighted by molar-refractivity contribution is 6.23. The number of furan rings is 1. The lowest BCUT2D eigenvalue weighted by Crippen LogP contribution is -1.92. The predicted molar refractivity (Wildman–Crippen MR) is 208 cm³/mol. The zero-order valence-electron chi connectivity index (χ0n) is 54.4. The summed E-state index contributed by atoms with van der Waals surface area (Å²) < 4.78 is 276. The molecule has 0 aliphatic carbocycles. The first kappa shape index (κ1) is 11.1. The molecule has 1 heteroatoms. The minimum absolute atomic E-state index is 0.445. The van der Waals surface area contributed by atoms with E-state index in [0.717, 1.165) is 0 Å². The second kappa shape index (κ2) is 11.1. The average Bonchev–Trinajstić information content (AvgIpc) is 3.99. The van der Waals surface area contributed by atoms with E-state index in [-0.39, 0.29) is 0 Å². The summed E-state index contributed by atoms with van der Waals surface area (Å²) in [5, 5.41) is -5.25. The number of benzene rings is 9. The summed E-state index contributed by atoms with van der Waals surface area (Å²) in [6.45, 7) is 0. The molecule has 0 unspecified atom stereocenters. The van der Waals surface area contributed by atoms with Crippen LogP contribution in [0.5, 0.6) is 0 Å². The van der Waals surface area contributed by atoms with Crippen LogP contribution in [0.1, 0.15) is 41.1 Å². The normalized spacial score (nSPS) is 20.2. The molecule has 0 atom stereocenters. The molecule has 0 N–H and O–H groups in total. The molecule has 0 amide bonds. The highest BCUT2D eigenvalue weighted by Crippen LogP contribution is 2.46. The van der Waals surface area contributed by atoms with E-state index in [0.29, 0.717) is 0 Å². The van der Waals surface area contributed by atoms with Crippen molar-refractivity contribution in [2.24, 2.45) is 0 Å². The van der Waals surface area contributed by atoms with Crippen LogP contribution in [-0.4, -0.2) is 0 Å². The van der Waals surface area contributed by atoms with Gasteiger partial charge in [-0.05, 0) is 83.5 Å². The van der Waals surface area contributed by atoms with Gasteiger partial charge in [0.15, 0.2) is 0 Å². The minimum Gasteiger partial charge on any atom is -0.455 e. The zero-order valence-corrected chi connectivity index (χ0v) is 24.4. The molecule has 1 nitrogen and oxygen atoms in total. The molecule has 1 heterocycles. The van der Waals surface area contributed by atoms with Crippen LogP contribution < -0.4 is 0 Å². The third-order valence-electron chi connectivity index (χ3n) is 7.94. The van der Waals surface area contributed by atoms with Crippen molar-refractivity contribution in [1.29, 1.82) is 0 Å². The van der Waals surface area contributed by atoms with Crippen molar-refractivity contribution in [3.8, 4) is 44.5 Å². The number of hydrogen-bond donors (Lipinski definition) is 0. The molecule has 9 aromatic carbocycles. The van der Waals surface area contributed by atoms with Crippen molar-refractivity contribution in [3.05, 3.63) is 181 Å². The first-order chi connectivity index (χ1) is 36.8. The molecule has 10 aromatic rings. The minimum atomic E-state index is -1.15. The Morgan fingerprint density at radius 2 is 0.857 bits per heavy atom. The van der Waals surface area contributed by atoms with E-state index in [1.807, 2.05) is 0 Å². The molecule has 49 heavy (non-hydrogen) atoms. The molecule has 0 saturated carbocycles. The fourth-order valence-electron chi connectivity index (χ4n) is 5.91. The van der Waals surface area contributed by atoms with Gasteiger partial charge in [-0.3, -0.25) is 0 Å². The van der Waals surface area contributed by atoms with Gasteiger partial charge in [0, 0.05) is 16.2 Å². The van der Waals surface area contributed by atoms with Crippen molar-refractivity contribution < 1.29 is 45.5 Å². The molecule has 10 rings (SSSR count). The lowest BCUT2D eigenvalue weighted by molar-refractivity contribution is 0.673. The Kier molecular flexibility index (Phi) is 2.50. The summed E-state index contributed by atoms with van der Waals surface area (Å²) >= 11 is 0. The Bertz CT molecular complexity index is 4460. The lowest BCUT2D eigenvalue weighted by atomic mass is 9.83. The fraction of sp³-hybridized carbons (Fsp3) is 0. The SMILES string of the molecule is [2H]c1c([2H])c([2H])c(-c2c([2H])c([2H])c([2H])c([2H])c2-c2c3c([2H])c([2H])c([2H])c([2H])c3c(-c3c([2H])c([2H])c(-c4c([2H])c([2H])c([2H])c5oc6c7c([2H])c([2H])c([2H])c([2H])c7c([2H])c([2H])c6c45)c([2H])c3[2H])c3c([2H])c([2H])c([2H])c([2H])c23)c([2H])c1[2H]. The molecule has 0 radical (unpaired) electrons. The van der Waals surface area contributed by atoms with Gasteiger partial charge in [0.05, 0.1) is 41.1 Å². The fourth-order valence-corrected chi connectivity index (χ4v) is 5.91. The molecular formula is C48H30O. The summed E-state index contributed by atoms with van der Waals surface area (Å²) in [6, 6.07) is -29.5. The van der Waals surface area contributed by atoms with Gasteiger partial charge in [0.1, 0.15) is 11.2 Å². The van der Waals surface area contributed by atoms with Gasteiger partial charge in [-0.15, -0.1) is 0 Å². The zero-order chi connectivity index (χ0) is 58.4. The third kappa shape index (κ3) is 4.33. The highest BCUT2D eigenvalue weighted by atomic mass is 16.3. The Balaban J connectivity index is 1.46. The maximum atomic E-state index is 9.73. The summed E-state index contributed by atoms with van der Waals surface area (Å²) in [5.41, 5.74) is -7.91. The van der Waals surface area contributed by atoms with Gasteiger partial charge in [0.2, 0.25) is 0 Å². The molecule has 1 aromatic heterocycles. The van der Waals surface area contributed by atoms with E-state index >= 15 is 0 Å². The van der Waals surface area contributed by atoms with Gasteiger partial charge in [-0.25, -0.2) is 0 Å². The number of fused-ring (bicyclic) bond motifs is 7. The van der Waals surface area contributed by atoms with Gasteiger partial charge in [0.25, 0.3) is 0 Å². The standard InChI is InChI=1S/C48H30O/c1-2-13-31(14-3-1)35-16-6-7-18-38(35)46-41-21-10-8-19-39(41)45(40-20-9-11-22-42(40)46)34-27-25-33(26-28-34)36-23-12-24-44-47(36)43-30-29-32-15-4-5-17-37(32)48(43)49-44/h1-30H/i1D,2D,3D,4D,5D,6D,7D,8D,9D,10D,11D,12D,13D,14D,15D,16D,17D,18D,19D,20D,21D,22D,23D,24D,25D,26D,27D,28D,29D,30D. The molecule has 0 aliphatic rings. The van der Waals surface area contributed by atoms with Crippen LogP contribution in [0.3, 0.4) is 0 Å². The predicted octanol–water partition coefficient (Wildman–Crippen LogP) is 13.7. The van der Waals surface area contributed by atoms with Gasteiger partial charge >= 0.3 is 0 Å². The van der Waals surface area contributed by atoms with E-state index in [4.69, 9.17) is 30.5 Å². The van der Waals surface area contributed by atoms with Gasteiger partial charge in [-0.2, -0.15) is 0 Å². The molecule has 228 valence electrons. The van der Waals surface area contributed by atoms with E-state index in [2.05, 4.69) is 0 Å². The van der Waals surface area contributed by atoms with Crippen LogP contribution in [0.4, 0.5) is 0 Å². The summed E-state index contributed by atoms with van der Waals surface area (Å²) in [5.74, 6) is 0. The maximum Gasteiger partial charge on any atom is 0.143 e. The smallest absolute Gasteiger partial charge is 0.143 e. The van der Waals surface area contributed by atoms with Crippen LogP contribution in [-0.2, 0) is 0 Å². The number of rotatable bonds is 4. The van der Waals surface area contributed by atoms with Crippen molar-refractivity contribution in [2.45, 2.75) is 0 Å². The largest absolute Gasteiger partial charge is 0.455 e. The van der Waals surface area contributed by atoms with E-state index < -0.39 is 280 Å². The average molecular weight is 653 g/mol. The van der Waals surface area contributed by atoms with Crippen LogP contribution >= 0.6 is 0 Å².